The van der Waals surface area contributed by atoms with Gasteiger partial charge in [-0.25, -0.2) is 0 Å². The summed E-state index contributed by atoms with van der Waals surface area (Å²) in [6.45, 7) is 1.66. The lowest BCUT2D eigenvalue weighted by molar-refractivity contribution is 0.483. The molecule has 25 heavy (non-hydrogen) atoms. The third kappa shape index (κ3) is 3.87. The Bertz CT molecular complexity index is 1070. The lowest BCUT2D eigenvalue weighted by Gasteiger charge is -2.06. The van der Waals surface area contributed by atoms with E-state index < -0.39 is 10.1 Å². The van der Waals surface area contributed by atoms with Crippen LogP contribution in [0.15, 0.2) is 89.8 Å². The Hall–Kier alpha value is -2.69. The van der Waals surface area contributed by atoms with E-state index in [2.05, 4.69) is 48.5 Å². The number of fused-ring (bicyclic) bond motifs is 2. The van der Waals surface area contributed by atoms with Crippen molar-refractivity contribution in [1.82, 2.24) is 0 Å². The van der Waals surface area contributed by atoms with Crippen molar-refractivity contribution in [3.05, 3.63) is 90.5 Å². The van der Waals surface area contributed by atoms with Gasteiger partial charge >= 0.3 is 0 Å². The molecular formula is C21H18O3S. The molecule has 0 spiro atoms. The van der Waals surface area contributed by atoms with Gasteiger partial charge < -0.3 is 0 Å². The van der Waals surface area contributed by atoms with Crippen LogP contribution in [-0.4, -0.2) is 13.0 Å². The van der Waals surface area contributed by atoms with E-state index in [1.165, 1.54) is 10.8 Å². The molecule has 0 heterocycles. The second-order valence-corrected chi connectivity index (χ2v) is 7.11. The Morgan fingerprint density at radius 1 is 0.640 bits per heavy atom. The summed E-state index contributed by atoms with van der Waals surface area (Å²) in [5, 5.41) is 3.98. The van der Waals surface area contributed by atoms with Gasteiger partial charge in [0.2, 0.25) is 0 Å². The predicted octanol–water partition coefficient (Wildman–Crippen LogP) is 5.23. The molecule has 4 aromatic carbocycles. The van der Waals surface area contributed by atoms with Crippen molar-refractivity contribution >= 4 is 31.7 Å². The molecule has 0 radical (unpaired) electrons. The average molecular weight is 350 g/mol. The highest BCUT2D eigenvalue weighted by Crippen LogP contribution is 2.25. The zero-order valence-corrected chi connectivity index (χ0v) is 14.6. The van der Waals surface area contributed by atoms with E-state index in [4.69, 9.17) is 4.55 Å². The first-order valence-corrected chi connectivity index (χ1v) is 9.30. The molecule has 0 aliphatic heterocycles. The molecule has 0 atom stereocenters. The van der Waals surface area contributed by atoms with Gasteiger partial charge in [0.05, 0.1) is 0 Å². The van der Waals surface area contributed by atoms with Crippen LogP contribution in [0.4, 0.5) is 0 Å². The lowest BCUT2D eigenvalue weighted by atomic mass is 10.1. The summed E-state index contributed by atoms with van der Waals surface area (Å²) in [6, 6.07) is 27.3. The highest BCUT2D eigenvalue weighted by molar-refractivity contribution is 7.86. The van der Waals surface area contributed by atoms with E-state index in [1.54, 1.807) is 25.1 Å². The summed E-state index contributed by atoms with van der Waals surface area (Å²) in [6.07, 6.45) is 0. The van der Waals surface area contributed by atoms with E-state index in [1.807, 2.05) is 18.2 Å². The topological polar surface area (TPSA) is 54.4 Å². The molecule has 4 aromatic rings. The highest BCUT2D eigenvalue weighted by atomic mass is 32.2. The minimum absolute atomic E-state index is 0.000556. The maximum Gasteiger partial charge on any atom is 0.295 e. The first kappa shape index (κ1) is 17.1. The summed E-state index contributed by atoms with van der Waals surface area (Å²) >= 11 is 0. The minimum Gasteiger partial charge on any atom is -0.282 e. The number of hydrogen-bond donors (Lipinski definition) is 1. The van der Waals surface area contributed by atoms with Gasteiger partial charge in [0.1, 0.15) is 4.90 Å². The van der Waals surface area contributed by atoms with Gasteiger partial charge in [-0.3, -0.25) is 4.55 Å². The predicted molar refractivity (Wildman–Crippen MR) is 102 cm³/mol. The summed E-state index contributed by atoms with van der Waals surface area (Å²) in [4.78, 5) is 0.000556. The SMILES string of the molecule is Cc1ccc2ccccc2c1S(=O)(=O)O.c1ccc2ccccc2c1. The van der Waals surface area contributed by atoms with Crippen molar-refractivity contribution in [2.75, 3.05) is 0 Å². The standard InChI is InChI=1S/C11H10O3S.C10H8/c1-8-6-7-9-4-2-3-5-10(9)11(8)15(12,13)14;1-2-6-10-8-4-3-7-9(10)5-1/h2-7H,1H3,(H,12,13,14);1-8H. The fourth-order valence-corrected chi connectivity index (χ4v) is 3.77. The number of benzene rings is 4. The summed E-state index contributed by atoms with van der Waals surface area (Å²) in [5.41, 5.74) is 0.552. The molecule has 126 valence electrons. The van der Waals surface area contributed by atoms with Crippen molar-refractivity contribution in [2.45, 2.75) is 11.8 Å². The van der Waals surface area contributed by atoms with Crippen LogP contribution in [0.3, 0.4) is 0 Å². The minimum atomic E-state index is -4.16. The van der Waals surface area contributed by atoms with E-state index in [0.717, 1.165) is 5.39 Å². The van der Waals surface area contributed by atoms with Crippen molar-refractivity contribution in [3.63, 3.8) is 0 Å². The molecule has 0 bridgehead atoms. The van der Waals surface area contributed by atoms with Crippen molar-refractivity contribution < 1.29 is 13.0 Å². The first-order chi connectivity index (χ1) is 12.0. The summed E-state index contributed by atoms with van der Waals surface area (Å²) < 4.78 is 31.6. The van der Waals surface area contributed by atoms with E-state index in [-0.39, 0.29) is 4.90 Å². The smallest absolute Gasteiger partial charge is 0.282 e. The van der Waals surface area contributed by atoms with Crippen LogP contribution in [0, 0.1) is 6.92 Å². The second-order valence-electron chi connectivity index (χ2n) is 5.75. The van der Waals surface area contributed by atoms with E-state index in [9.17, 15) is 8.42 Å². The Morgan fingerprint density at radius 2 is 1.08 bits per heavy atom. The number of hydrogen-bond acceptors (Lipinski definition) is 2. The molecule has 3 nitrogen and oxygen atoms in total. The quantitative estimate of drug-likeness (QED) is 0.478. The van der Waals surface area contributed by atoms with E-state index in [0.29, 0.717) is 10.9 Å². The molecule has 0 aliphatic rings. The Balaban J connectivity index is 0.000000157. The molecule has 0 aromatic heterocycles. The van der Waals surface area contributed by atoms with E-state index >= 15 is 0 Å². The van der Waals surface area contributed by atoms with Gasteiger partial charge in [-0.1, -0.05) is 84.9 Å². The van der Waals surface area contributed by atoms with Crippen molar-refractivity contribution in [2.24, 2.45) is 0 Å². The van der Waals surface area contributed by atoms with Gasteiger partial charge in [-0.2, -0.15) is 8.42 Å². The monoisotopic (exact) mass is 350 g/mol. The fraction of sp³-hybridized carbons (Fsp3) is 0.0476. The van der Waals surface area contributed by atoms with Crippen LogP contribution in [0.2, 0.25) is 0 Å². The maximum absolute atomic E-state index is 11.2. The molecule has 1 N–H and O–H groups in total. The Labute approximate surface area is 147 Å². The molecule has 4 rings (SSSR count). The molecular weight excluding hydrogens is 332 g/mol. The molecule has 0 fully saturated rings. The summed E-state index contributed by atoms with van der Waals surface area (Å²) in [5.74, 6) is 0. The van der Waals surface area contributed by atoms with Gasteiger partial charge in [-0.05, 0) is 28.6 Å². The highest BCUT2D eigenvalue weighted by Gasteiger charge is 2.16. The molecule has 0 aliphatic carbocycles. The molecule has 0 saturated heterocycles. The largest absolute Gasteiger partial charge is 0.295 e. The van der Waals surface area contributed by atoms with Gasteiger partial charge in [0.25, 0.3) is 10.1 Å². The summed E-state index contributed by atoms with van der Waals surface area (Å²) in [7, 11) is -4.16. The average Bonchev–Trinajstić information content (AvgIpc) is 2.61. The van der Waals surface area contributed by atoms with Gasteiger partial charge in [0, 0.05) is 5.39 Å². The molecule has 0 amide bonds. The maximum atomic E-state index is 11.2. The van der Waals surface area contributed by atoms with Gasteiger partial charge in [-0.15, -0.1) is 0 Å². The lowest BCUT2D eigenvalue weighted by Crippen LogP contribution is -2.01. The van der Waals surface area contributed by atoms with Gasteiger partial charge in [0.15, 0.2) is 0 Å². The normalized spacial score (nSPS) is 11.1. The van der Waals surface area contributed by atoms with Crippen LogP contribution in [-0.2, 0) is 10.1 Å². The zero-order chi connectivity index (χ0) is 17.9. The molecule has 0 unspecified atom stereocenters. The molecule has 0 saturated carbocycles. The van der Waals surface area contributed by atoms with Crippen molar-refractivity contribution in [1.29, 1.82) is 0 Å². The third-order valence-corrected chi connectivity index (χ3v) is 5.05. The van der Waals surface area contributed by atoms with Crippen LogP contribution in [0.1, 0.15) is 5.56 Å². The third-order valence-electron chi connectivity index (χ3n) is 3.99. The Morgan fingerprint density at radius 3 is 1.56 bits per heavy atom. The van der Waals surface area contributed by atoms with Crippen LogP contribution in [0.25, 0.3) is 21.5 Å². The second kappa shape index (κ2) is 7.05. The van der Waals surface area contributed by atoms with Crippen LogP contribution < -0.4 is 0 Å². The number of rotatable bonds is 1. The van der Waals surface area contributed by atoms with Crippen LogP contribution >= 0.6 is 0 Å². The zero-order valence-electron chi connectivity index (χ0n) is 13.8. The van der Waals surface area contributed by atoms with Crippen molar-refractivity contribution in [3.8, 4) is 0 Å². The number of aryl methyl sites for hydroxylation is 1. The first-order valence-electron chi connectivity index (χ1n) is 7.86. The molecule has 4 heteroatoms. The fourth-order valence-electron chi connectivity index (χ4n) is 2.83. The Kier molecular flexibility index (Phi) is 4.83. The van der Waals surface area contributed by atoms with Crippen LogP contribution in [0.5, 0.6) is 0 Å².